The summed E-state index contributed by atoms with van der Waals surface area (Å²) in [5.74, 6) is 0.664. The monoisotopic (exact) mass is 297 g/mol. The van der Waals surface area contributed by atoms with Crippen LogP contribution in [0.15, 0.2) is 30.3 Å². The Kier molecular flexibility index (Phi) is 4.39. The fraction of sp³-hybridized carbons (Fsp3) is 0.444. The molecule has 1 aliphatic heterocycles. The average Bonchev–Trinajstić information content (AvgIpc) is 2.54. The van der Waals surface area contributed by atoms with E-state index in [9.17, 15) is 4.79 Å². The molecular formula is C18H23N3O. The van der Waals surface area contributed by atoms with Crippen LogP contribution >= 0.6 is 0 Å². The summed E-state index contributed by atoms with van der Waals surface area (Å²) in [5, 5.41) is 4.25. The second-order valence-corrected chi connectivity index (χ2v) is 6.15. The number of pyridine rings is 1. The minimum Gasteiger partial charge on any atom is -0.338 e. The van der Waals surface area contributed by atoms with Crippen LogP contribution in [-0.4, -0.2) is 42.5 Å². The molecule has 2 aromatic rings. The summed E-state index contributed by atoms with van der Waals surface area (Å²) in [4.78, 5) is 19.5. The SMILES string of the molecule is CNC[C@H]1CCCN(C(=O)c2cccc3ccc(C)nc23)C1. The number of aryl methyl sites for hydroxylation is 1. The van der Waals surface area contributed by atoms with Gasteiger partial charge in [0.05, 0.1) is 11.1 Å². The zero-order valence-electron chi connectivity index (χ0n) is 13.3. The van der Waals surface area contributed by atoms with Crippen LogP contribution in [0.5, 0.6) is 0 Å². The molecule has 2 heterocycles. The van der Waals surface area contributed by atoms with Gasteiger partial charge >= 0.3 is 0 Å². The Balaban J connectivity index is 1.90. The molecule has 22 heavy (non-hydrogen) atoms. The third-order valence-electron chi connectivity index (χ3n) is 4.39. The molecule has 1 aliphatic rings. The summed E-state index contributed by atoms with van der Waals surface area (Å²) in [7, 11) is 1.97. The van der Waals surface area contributed by atoms with Crippen molar-refractivity contribution in [1.29, 1.82) is 0 Å². The molecule has 1 aromatic carbocycles. The van der Waals surface area contributed by atoms with Crippen molar-refractivity contribution in [3.8, 4) is 0 Å². The van der Waals surface area contributed by atoms with E-state index < -0.39 is 0 Å². The van der Waals surface area contributed by atoms with Crippen molar-refractivity contribution in [2.45, 2.75) is 19.8 Å². The van der Waals surface area contributed by atoms with Crippen molar-refractivity contribution < 1.29 is 4.79 Å². The highest BCUT2D eigenvalue weighted by Crippen LogP contribution is 2.22. The molecule has 1 amide bonds. The molecule has 116 valence electrons. The van der Waals surface area contributed by atoms with Gasteiger partial charge < -0.3 is 10.2 Å². The molecule has 0 unspecified atom stereocenters. The first-order valence-electron chi connectivity index (χ1n) is 7.99. The van der Waals surface area contributed by atoms with Crippen LogP contribution in [0.3, 0.4) is 0 Å². The number of fused-ring (bicyclic) bond motifs is 1. The molecule has 4 heteroatoms. The van der Waals surface area contributed by atoms with Gasteiger partial charge in [0.15, 0.2) is 0 Å². The molecule has 1 aromatic heterocycles. The Labute approximate surface area is 131 Å². The van der Waals surface area contributed by atoms with E-state index in [4.69, 9.17) is 0 Å². The van der Waals surface area contributed by atoms with E-state index in [2.05, 4.69) is 10.3 Å². The van der Waals surface area contributed by atoms with Gasteiger partial charge in [-0.2, -0.15) is 0 Å². The van der Waals surface area contributed by atoms with E-state index in [0.717, 1.165) is 48.2 Å². The van der Waals surface area contributed by atoms with Gasteiger partial charge in [-0.25, -0.2) is 0 Å². The van der Waals surface area contributed by atoms with E-state index in [1.54, 1.807) is 0 Å². The number of hydrogen-bond acceptors (Lipinski definition) is 3. The fourth-order valence-corrected chi connectivity index (χ4v) is 3.29. The van der Waals surface area contributed by atoms with E-state index in [-0.39, 0.29) is 5.91 Å². The third kappa shape index (κ3) is 2.97. The van der Waals surface area contributed by atoms with Gasteiger partial charge in [0.2, 0.25) is 0 Å². The summed E-state index contributed by atoms with van der Waals surface area (Å²) in [6.07, 6.45) is 2.27. The standard InChI is InChI=1S/C18H23N3O/c1-13-8-9-15-6-3-7-16(17(15)20-13)18(22)21-10-4-5-14(12-21)11-19-2/h3,6-9,14,19H,4-5,10-12H2,1-2H3/t14-/m1/s1. The number of piperidine rings is 1. The van der Waals surface area contributed by atoms with Crippen LogP contribution in [-0.2, 0) is 0 Å². The topological polar surface area (TPSA) is 45.2 Å². The largest absolute Gasteiger partial charge is 0.338 e. The number of nitrogens with one attached hydrogen (secondary N) is 1. The molecule has 0 spiro atoms. The summed E-state index contributed by atoms with van der Waals surface area (Å²) in [6.45, 7) is 4.62. The smallest absolute Gasteiger partial charge is 0.256 e. The number of carbonyl (C=O) groups excluding carboxylic acids is 1. The summed E-state index contributed by atoms with van der Waals surface area (Å²) in [5.41, 5.74) is 2.49. The lowest BCUT2D eigenvalue weighted by Crippen LogP contribution is -2.42. The van der Waals surface area contributed by atoms with Crippen LogP contribution in [0.25, 0.3) is 10.9 Å². The van der Waals surface area contributed by atoms with Gasteiger partial charge in [0.1, 0.15) is 0 Å². The minimum atomic E-state index is 0.115. The van der Waals surface area contributed by atoms with Crippen molar-refractivity contribution >= 4 is 16.8 Å². The number of carbonyl (C=O) groups is 1. The maximum atomic E-state index is 12.9. The number of aromatic nitrogens is 1. The Hall–Kier alpha value is -1.94. The lowest BCUT2D eigenvalue weighted by Gasteiger charge is -2.33. The molecule has 0 saturated carbocycles. The lowest BCUT2D eigenvalue weighted by atomic mass is 9.97. The van der Waals surface area contributed by atoms with Crippen molar-refractivity contribution in [3.05, 3.63) is 41.6 Å². The summed E-state index contributed by atoms with van der Waals surface area (Å²) < 4.78 is 0. The molecule has 1 N–H and O–H groups in total. The summed E-state index contributed by atoms with van der Waals surface area (Å²) >= 11 is 0. The molecule has 0 aliphatic carbocycles. The van der Waals surface area contributed by atoms with Gasteiger partial charge in [-0.3, -0.25) is 9.78 Å². The Morgan fingerprint density at radius 1 is 1.36 bits per heavy atom. The Morgan fingerprint density at radius 3 is 3.05 bits per heavy atom. The highest BCUT2D eigenvalue weighted by atomic mass is 16.2. The number of para-hydroxylation sites is 1. The quantitative estimate of drug-likeness (QED) is 0.947. The number of likely N-dealkylation sites (tertiary alicyclic amines) is 1. The maximum absolute atomic E-state index is 12.9. The first-order chi connectivity index (χ1) is 10.7. The van der Waals surface area contributed by atoms with Crippen LogP contribution in [0.2, 0.25) is 0 Å². The van der Waals surface area contributed by atoms with Crippen molar-refractivity contribution in [3.63, 3.8) is 0 Å². The Morgan fingerprint density at radius 2 is 2.23 bits per heavy atom. The fourth-order valence-electron chi connectivity index (χ4n) is 3.29. The van der Waals surface area contributed by atoms with Crippen LogP contribution in [0.1, 0.15) is 28.9 Å². The van der Waals surface area contributed by atoms with Gasteiger partial charge in [-0.05, 0) is 51.4 Å². The van der Waals surface area contributed by atoms with Gasteiger partial charge in [-0.1, -0.05) is 18.2 Å². The summed E-state index contributed by atoms with van der Waals surface area (Å²) in [6, 6.07) is 9.88. The maximum Gasteiger partial charge on any atom is 0.256 e. The molecule has 4 nitrogen and oxygen atoms in total. The van der Waals surface area contributed by atoms with Crippen molar-refractivity contribution in [2.75, 3.05) is 26.7 Å². The molecule has 0 radical (unpaired) electrons. The number of amides is 1. The molecule has 1 atom stereocenters. The van der Waals surface area contributed by atoms with Crippen molar-refractivity contribution in [2.24, 2.45) is 5.92 Å². The highest BCUT2D eigenvalue weighted by molar-refractivity contribution is 6.05. The predicted octanol–water partition coefficient (Wildman–Crippen LogP) is 2.61. The molecule has 3 rings (SSSR count). The van der Waals surface area contributed by atoms with Crippen LogP contribution in [0, 0.1) is 12.8 Å². The number of benzene rings is 1. The van der Waals surface area contributed by atoms with E-state index >= 15 is 0 Å². The number of rotatable bonds is 3. The van der Waals surface area contributed by atoms with E-state index in [1.165, 1.54) is 6.42 Å². The number of nitrogens with zero attached hydrogens (tertiary/aromatic N) is 2. The lowest BCUT2D eigenvalue weighted by molar-refractivity contribution is 0.0676. The zero-order chi connectivity index (χ0) is 15.5. The van der Waals surface area contributed by atoms with Gasteiger partial charge in [0.25, 0.3) is 5.91 Å². The molecule has 1 fully saturated rings. The van der Waals surface area contributed by atoms with E-state index in [1.807, 2.05) is 49.2 Å². The van der Waals surface area contributed by atoms with Crippen LogP contribution in [0.4, 0.5) is 0 Å². The minimum absolute atomic E-state index is 0.115. The molecular weight excluding hydrogens is 274 g/mol. The molecule has 0 bridgehead atoms. The second kappa shape index (κ2) is 6.44. The normalized spacial score (nSPS) is 18.6. The predicted molar refractivity (Wildman–Crippen MR) is 89.0 cm³/mol. The number of hydrogen-bond donors (Lipinski definition) is 1. The first kappa shape index (κ1) is 15.0. The first-order valence-corrected chi connectivity index (χ1v) is 7.99. The molecule has 1 saturated heterocycles. The third-order valence-corrected chi connectivity index (χ3v) is 4.39. The van der Waals surface area contributed by atoms with Crippen molar-refractivity contribution in [1.82, 2.24) is 15.2 Å². The van der Waals surface area contributed by atoms with E-state index in [0.29, 0.717) is 5.92 Å². The van der Waals surface area contributed by atoms with Gasteiger partial charge in [-0.15, -0.1) is 0 Å². The average molecular weight is 297 g/mol. The zero-order valence-corrected chi connectivity index (χ0v) is 13.3. The van der Waals surface area contributed by atoms with Gasteiger partial charge in [0, 0.05) is 24.2 Å². The Bertz CT molecular complexity index is 681. The second-order valence-electron chi connectivity index (χ2n) is 6.15. The van der Waals surface area contributed by atoms with Crippen LogP contribution < -0.4 is 5.32 Å². The highest BCUT2D eigenvalue weighted by Gasteiger charge is 2.25.